The Hall–Kier alpha value is -2.43. The van der Waals surface area contributed by atoms with Crippen molar-refractivity contribution >= 4 is 11.6 Å². The molecule has 2 aliphatic heterocycles. The monoisotopic (exact) mass is 322 g/mol. The van der Waals surface area contributed by atoms with Crippen molar-refractivity contribution in [2.24, 2.45) is 0 Å². The second-order valence-electron chi connectivity index (χ2n) is 6.49. The van der Waals surface area contributed by atoms with Gasteiger partial charge < -0.3 is 9.80 Å². The number of hydrogen-bond donors (Lipinski definition) is 0. The molecule has 1 aromatic heterocycles. The van der Waals surface area contributed by atoms with Crippen LogP contribution in [0.1, 0.15) is 36.6 Å². The van der Waals surface area contributed by atoms with Crippen LogP contribution in [0.5, 0.6) is 0 Å². The summed E-state index contributed by atoms with van der Waals surface area (Å²) in [5, 5.41) is 0. The quantitative estimate of drug-likeness (QED) is 0.868. The minimum absolute atomic E-state index is 0.0945. The number of rotatable bonds is 4. The molecule has 124 valence electrons. The van der Waals surface area contributed by atoms with E-state index in [9.17, 15) is 4.79 Å². The average Bonchev–Trinajstić information content (AvgIpc) is 3.28. The van der Waals surface area contributed by atoms with Gasteiger partial charge in [-0.2, -0.15) is 0 Å². The number of anilines is 1. The molecule has 4 rings (SSSR count). The summed E-state index contributed by atoms with van der Waals surface area (Å²) in [7, 11) is 0. The maximum absolute atomic E-state index is 12.7. The molecule has 3 heterocycles. The number of carbonyl (C=O) groups excluding carboxylic acids is 1. The molecule has 0 saturated carbocycles. The van der Waals surface area contributed by atoms with E-state index in [0.29, 0.717) is 6.42 Å². The van der Waals surface area contributed by atoms with Crippen molar-refractivity contribution < 1.29 is 4.79 Å². The van der Waals surface area contributed by atoms with Gasteiger partial charge in [-0.05, 0) is 30.9 Å². The highest BCUT2D eigenvalue weighted by Gasteiger charge is 2.31. The fourth-order valence-electron chi connectivity index (χ4n) is 3.87. The lowest BCUT2D eigenvalue weighted by molar-refractivity contribution is -0.132. The van der Waals surface area contributed by atoms with Gasteiger partial charge in [0.1, 0.15) is 0 Å². The van der Waals surface area contributed by atoms with Gasteiger partial charge in [0.15, 0.2) is 0 Å². The molecule has 1 fully saturated rings. The van der Waals surface area contributed by atoms with Crippen molar-refractivity contribution in [3.05, 3.63) is 54.1 Å². The van der Waals surface area contributed by atoms with Crippen LogP contribution in [0, 0.1) is 0 Å². The molecule has 2 aromatic rings. The van der Waals surface area contributed by atoms with E-state index in [1.54, 1.807) is 18.6 Å². The summed E-state index contributed by atoms with van der Waals surface area (Å²) in [4.78, 5) is 25.6. The van der Waals surface area contributed by atoms with Crippen LogP contribution < -0.4 is 4.90 Å². The van der Waals surface area contributed by atoms with Crippen molar-refractivity contribution in [3.63, 3.8) is 0 Å². The highest BCUT2D eigenvalue weighted by Crippen LogP contribution is 2.31. The summed E-state index contributed by atoms with van der Waals surface area (Å²) in [5.74, 6) is 0.229. The van der Waals surface area contributed by atoms with Gasteiger partial charge in [0, 0.05) is 44.1 Å². The van der Waals surface area contributed by atoms with Gasteiger partial charge in [0.05, 0.1) is 17.9 Å². The van der Waals surface area contributed by atoms with E-state index >= 15 is 0 Å². The minimum Gasteiger partial charge on any atom is -0.370 e. The summed E-state index contributed by atoms with van der Waals surface area (Å²) in [6.45, 7) is 2.64. The average molecular weight is 322 g/mol. The third kappa shape index (κ3) is 2.86. The van der Waals surface area contributed by atoms with Crippen LogP contribution in [-0.4, -0.2) is 40.4 Å². The highest BCUT2D eigenvalue weighted by molar-refractivity contribution is 5.78. The molecule has 1 amide bonds. The Labute approximate surface area is 142 Å². The van der Waals surface area contributed by atoms with E-state index in [2.05, 4.69) is 39.1 Å². The van der Waals surface area contributed by atoms with E-state index in [0.717, 1.165) is 44.6 Å². The fourth-order valence-corrected chi connectivity index (χ4v) is 3.87. The first kappa shape index (κ1) is 15.1. The Bertz CT molecular complexity index is 718. The maximum Gasteiger partial charge on any atom is 0.224 e. The molecule has 5 nitrogen and oxygen atoms in total. The Morgan fingerprint density at radius 3 is 3.00 bits per heavy atom. The zero-order valence-corrected chi connectivity index (χ0v) is 13.8. The fraction of sp³-hybridized carbons (Fsp3) is 0.421. The van der Waals surface area contributed by atoms with Crippen molar-refractivity contribution in [2.75, 3.05) is 24.5 Å². The molecule has 0 spiro atoms. The molecule has 0 radical (unpaired) electrons. The Kier molecular flexibility index (Phi) is 4.15. The van der Waals surface area contributed by atoms with Crippen LogP contribution >= 0.6 is 0 Å². The van der Waals surface area contributed by atoms with Gasteiger partial charge >= 0.3 is 0 Å². The van der Waals surface area contributed by atoms with E-state index in [4.69, 9.17) is 0 Å². The molecule has 0 unspecified atom stereocenters. The summed E-state index contributed by atoms with van der Waals surface area (Å²) in [6, 6.07) is 8.59. The van der Waals surface area contributed by atoms with Gasteiger partial charge in [0.2, 0.25) is 5.91 Å². The van der Waals surface area contributed by atoms with Crippen LogP contribution in [0.15, 0.2) is 42.9 Å². The number of benzene rings is 1. The Balaban J connectivity index is 1.40. The normalized spacial score (nSPS) is 19.6. The summed E-state index contributed by atoms with van der Waals surface area (Å²) in [6.07, 6.45) is 8.83. The smallest absolute Gasteiger partial charge is 0.224 e. The summed E-state index contributed by atoms with van der Waals surface area (Å²) >= 11 is 0. The standard InChI is InChI=1S/C19H22N4O/c24-19(8-13-22-12-7-15-4-1-2-5-17(15)22)23-11-3-6-18(23)16-14-20-9-10-21-16/h1-2,4-5,9-10,14,18H,3,6-8,11-13H2/t18-/m0/s1. The molecule has 0 aliphatic carbocycles. The molecule has 2 aliphatic rings. The zero-order valence-electron chi connectivity index (χ0n) is 13.8. The maximum atomic E-state index is 12.7. The van der Waals surface area contributed by atoms with E-state index < -0.39 is 0 Å². The van der Waals surface area contributed by atoms with Gasteiger partial charge in [-0.1, -0.05) is 18.2 Å². The second kappa shape index (κ2) is 6.59. The molecular formula is C19H22N4O. The number of hydrogen-bond acceptors (Lipinski definition) is 4. The van der Waals surface area contributed by atoms with Crippen LogP contribution in [0.25, 0.3) is 0 Å². The lowest BCUT2D eigenvalue weighted by Crippen LogP contribution is -2.34. The van der Waals surface area contributed by atoms with Crippen molar-refractivity contribution in [2.45, 2.75) is 31.7 Å². The van der Waals surface area contributed by atoms with Crippen molar-refractivity contribution in [1.82, 2.24) is 14.9 Å². The number of likely N-dealkylation sites (tertiary alicyclic amines) is 1. The number of para-hydroxylation sites is 1. The van der Waals surface area contributed by atoms with E-state index in [1.807, 2.05) is 4.90 Å². The van der Waals surface area contributed by atoms with Crippen molar-refractivity contribution in [1.29, 1.82) is 0 Å². The highest BCUT2D eigenvalue weighted by atomic mass is 16.2. The number of nitrogens with zero attached hydrogens (tertiary/aromatic N) is 4. The minimum atomic E-state index is 0.0945. The van der Waals surface area contributed by atoms with Crippen LogP contribution in [0.4, 0.5) is 5.69 Å². The second-order valence-corrected chi connectivity index (χ2v) is 6.49. The van der Waals surface area contributed by atoms with E-state index in [1.165, 1.54) is 11.3 Å². The lowest BCUT2D eigenvalue weighted by Gasteiger charge is -2.26. The third-order valence-electron chi connectivity index (χ3n) is 5.08. The molecule has 0 N–H and O–H groups in total. The predicted octanol–water partition coefficient (Wildman–Crippen LogP) is 2.59. The summed E-state index contributed by atoms with van der Waals surface area (Å²) < 4.78 is 0. The van der Waals surface area contributed by atoms with Crippen LogP contribution in [-0.2, 0) is 11.2 Å². The molecular weight excluding hydrogens is 300 g/mol. The first-order valence-corrected chi connectivity index (χ1v) is 8.71. The molecule has 1 saturated heterocycles. The number of amides is 1. The molecule has 1 atom stereocenters. The molecule has 1 aromatic carbocycles. The topological polar surface area (TPSA) is 49.3 Å². The number of fused-ring (bicyclic) bond motifs is 1. The molecule has 24 heavy (non-hydrogen) atoms. The van der Waals surface area contributed by atoms with Crippen molar-refractivity contribution in [3.8, 4) is 0 Å². The van der Waals surface area contributed by atoms with Crippen LogP contribution in [0.3, 0.4) is 0 Å². The molecule has 0 bridgehead atoms. The van der Waals surface area contributed by atoms with Gasteiger partial charge in [0.25, 0.3) is 0 Å². The molecule has 5 heteroatoms. The van der Waals surface area contributed by atoms with Gasteiger partial charge in [-0.25, -0.2) is 0 Å². The van der Waals surface area contributed by atoms with E-state index in [-0.39, 0.29) is 11.9 Å². The number of carbonyl (C=O) groups is 1. The predicted molar refractivity (Wildman–Crippen MR) is 92.7 cm³/mol. The first-order chi connectivity index (χ1) is 11.8. The van der Waals surface area contributed by atoms with Gasteiger partial charge in [-0.15, -0.1) is 0 Å². The van der Waals surface area contributed by atoms with Crippen LogP contribution in [0.2, 0.25) is 0 Å². The van der Waals surface area contributed by atoms with Gasteiger partial charge in [-0.3, -0.25) is 14.8 Å². The third-order valence-corrected chi connectivity index (χ3v) is 5.08. The number of aromatic nitrogens is 2. The Morgan fingerprint density at radius 1 is 1.21 bits per heavy atom. The first-order valence-electron chi connectivity index (χ1n) is 8.71. The zero-order chi connectivity index (χ0) is 16.4. The lowest BCUT2D eigenvalue weighted by atomic mass is 10.1. The Morgan fingerprint density at radius 2 is 2.12 bits per heavy atom. The largest absolute Gasteiger partial charge is 0.370 e. The summed E-state index contributed by atoms with van der Waals surface area (Å²) in [5.41, 5.74) is 3.59. The SMILES string of the molecule is O=C(CCN1CCc2ccccc21)N1CCC[C@H]1c1cnccn1.